The Morgan fingerprint density at radius 2 is 1.97 bits per heavy atom. The third-order valence-corrected chi connectivity index (χ3v) is 7.66. The summed E-state index contributed by atoms with van der Waals surface area (Å²) in [6.45, 7) is 3.48. The van der Waals surface area contributed by atoms with E-state index in [0.717, 1.165) is 5.56 Å². The molecule has 0 aromatic heterocycles. The maximum Gasteiger partial charge on any atom is 0.324 e. The Labute approximate surface area is 188 Å². The fourth-order valence-corrected chi connectivity index (χ4v) is 5.68. The number of ether oxygens (including phenoxy) is 2. The van der Waals surface area contributed by atoms with Crippen molar-refractivity contribution >= 4 is 21.8 Å². The lowest BCUT2D eigenvalue weighted by atomic mass is 10.0. The van der Waals surface area contributed by atoms with Gasteiger partial charge >= 0.3 is 6.03 Å². The Morgan fingerprint density at radius 3 is 2.66 bits per heavy atom. The van der Waals surface area contributed by atoms with Gasteiger partial charge in [-0.25, -0.2) is 17.6 Å². The maximum atomic E-state index is 14.2. The van der Waals surface area contributed by atoms with Crippen molar-refractivity contribution in [2.24, 2.45) is 0 Å². The minimum Gasteiger partial charge on any atom is -0.487 e. The van der Waals surface area contributed by atoms with Crippen molar-refractivity contribution in [2.45, 2.75) is 51.0 Å². The van der Waals surface area contributed by atoms with E-state index in [9.17, 15) is 22.4 Å². The Hall–Kier alpha value is -2.20. The van der Waals surface area contributed by atoms with Crippen LogP contribution in [0.25, 0.3) is 0 Å². The number of carbonyl (C=O) groups excluding carboxylic acids is 2. The summed E-state index contributed by atoms with van der Waals surface area (Å²) in [7, 11) is -3.30. The molecule has 3 amide bonds. The van der Waals surface area contributed by atoms with Crippen LogP contribution in [0.15, 0.2) is 18.2 Å². The van der Waals surface area contributed by atoms with Gasteiger partial charge in [-0.1, -0.05) is 19.4 Å². The molecule has 0 aliphatic carbocycles. The molecule has 32 heavy (non-hydrogen) atoms. The van der Waals surface area contributed by atoms with Crippen molar-refractivity contribution in [1.29, 1.82) is 0 Å². The molecule has 1 aromatic rings. The first-order valence-corrected chi connectivity index (χ1v) is 12.9. The van der Waals surface area contributed by atoms with Crippen LogP contribution in [0.4, 0.5) is 9.18 Å². The van der Waals surface area contributed by atoms with E-state index in [1.54, 1.807) is 12.1 Å². The zero-order chi connectivity index (χ0) is 23.1. The lowest BCUT2D eigenvalue weighted by Crippen LogP contribution is -2.29. The highest BCUT2D eigenvalue weighted by Gasteiger charge is 2.26. The Kier molecular flexibility index (Phi) is 8.47. The van der Waals surface area contributed by atoms with Crippen molar-refractivity contribution in [1.82, 2.24) is 10.2 Å². The molecule has 0 spiro atoms. The summed E-state index contributed by atoms with van der Waals surface area (Å²) in [4.78, 5) is 24.1. The molecule has 1 N–H and O–H groups in total. The second-order valence-corrected chi connectivity index (χ2v) is 10.7. The Balaban J connectivity index is 1.45. The highest BCUT2D eigenvalue weighted by Crippen LogP contribution is 2.27. The van der Waals surface area contributed by atoms with E-state index in [1.165, 1.54) is 11.0 Å². The summed E-state index contributed by atoms with van der Waals surface area (Å²) >= 11 is 0. The third-order valence-electron chi connectivity index (χ3n) is 5.74. The largest absolute Gasteiger partial charge is 0.487 e. The monoisotopic (exact) mass is 470 g/mol. The zero-order valence-electron chi connectivity index (χ0n) is 18.3. The van der Waals surface area contributed by atoms with E-state index in [0.29, 0.717) is 51.9 Å². The molecule has 0 saturated carbocycles. The Morgan fingerprint density at radius 1 is 1.22 bits per heavy atom. The molecule has 1 aromatic carbocycles. The number of nitrogens with zero attached hydrogens (tertiary/aromatic N) is 1. The van der Waals surface area contributed by atoms with Gasteiger partial charge in [0.25, 0.3) is 0 Å². The Bertz CT molecular complexity index is 917. The van der Waals surface area contributed by atoms with Gasteiger partial charge < -0.3 is 14.4 Å². The number of imide groups is 1. The molecule has 8 nitrogen and oxygen atoms in total. The van der Waals surface area contributed by atoms with E-state index in [4.69, 9.17) is 9.47 Å². The first-order chi connectivity index (χ1) is 15.2. The van der Waals surface area contributed by atoms with Crippen LogP contribution in [0, 0.1) is 5.82 Å². The minimum atomic E-state index is -3.30. The summed E-state index contributed by atoms with van der Waals surface area (Å²) < 4.78 is 50.4. The van der Waals surface area contributed by atoms with Gasteiger partial charge in [0.05, 0.1) is 24.7 Å². The number of carbonyl (C=O) groups is 2. The van der Waals surface area contributed by atoms with Crippen LogP contribution < -0.4 is 10.1 Å². The molecule has 178 valence electrons. The van der Waals surface area contributed by atoms with Gasteiger partial charge in [0.15, 0.2) is 21.4 Å². The predicted molar refractivity (Wildman–Crippen MR) is 117 cm³/mol. The lowest BCUT2D eigenvalue weighted by Gasteiger charge is -2.24. The number of benzene rings is 1. The SMILES string of the molecule is C[C@@H](CS(=O)(=O)CCCCCN1CC(=O)NC1=O)c1ccc(F)c(OC2CCOCC2)c1. The molecule has 2 aliphatic heterocycles. The summed E-state index contributed by atoms with van der Waals surface area (Å²) in [5, 5.41) is 2.21. The summed E-state index contributed by atoms with van der Waals surface area (Å²) in [5.41, 5.74) is 0.724. The lowest BCUT2D eigenvalue weighted by molar-refractivity contribution is -0.118. The quantitative estimate of drug-likeness (QED) is 0.394. The van der Waals surface area contributed by atoms with Crippen LogP contribution in [-0.4, -0.2) is 69.2 Å². The molecule has 1 atom stereocenters. The molecule has 0 radical (unpaired) electrons. The topological polar surface area (TPSA) is 102 Å². The predicted octanol–water partition coefficient (Wildman–Crippen LogP) is 2.62. The summed E-state index contributed by atoms with van der Waals surface area (Å²) in [6.07, 6.45) is 3.07. The van der Waals surface area contributed by atoms with Gasteiger partial charge in [0.2, 0.25) is 5.91 Å². The molecular weight excluding hydrogens is 439 g/mol. The summed E-state index contributed by atoms with van der Waals surface area (Å²) in [6, 6.07) is 4.14. The molecule has 10 heteroatoms. The number of amides is 3. The normalized spacial score (nSPS) is 18.6. The molecular formula is C22H31FN2O6S. The maximum absolute atomic E-state index is 14.2. The first-order valence-electron chi connectivity index (χ1n) is 11.1. The van der Waals surface area contributed by atoms with Gasteiger partial charge in [0.1, 0.15) is 12.6 Å². The van der Waals surface area contributed by atoms with E-state index >= 15 is 0 Å². The van der Waals surface area contributed by atoms with Crippen molar-refractivity contribution in [3.05, 3.63) is 29.6 Å². The van der Waals surface area contributed by atoms with Gasteiger partial charge in [-0.05, 0) is 36.5 Å². The molecule has 2 fully saturated rings. The molecule has 3 rings (SSSR count). The number of nitrogens with one attached hydrogen (secondary N) is 1. The van der Waals surface area contributed by atoms with Crippen LogP contribution in [-0.2, 0) is 19.4 Å². The molecule has 2 saturated heterocycles. The van der Waals surface area contributed by atoms with Crippen molar-refractivity contribution in [3.8, 4) is 5.75 Å². The number of hydrogen-bond acceptors (Lipinski definition) is 6. The fraction of sp³-hybridized carbons (Fsp3) is 0.636. The van der Waals surface area contributed by atoms with Crippen LogP contribution in [0.3, 0.4) is 0 Å². The zero-order valence-corrected chi connectivity index (χ0v) is 19.2. The minimum absolute atomic E-state index is 0.0294. The van der Waals surface area contributed by atoms with Crippen LogP contribution in [0.5, 0.6) is 5.75 Å². The van der Waals surface area contributed by atoms with E-state index < -0.39 is 21.7 Å². The standard InChI is InChI=1S/C22H31FN2O6S/c1-16(17-5-6-19(23)20(13-17)31-18-7-10-30-11-8-18)15-32(28,29)12-4-2-3-9-25-14-21(26)24-22(25)27/h5-6,13,16,18H,2-4,7-12,14-15H2,1H3,(H,24,26,27)/t16-/m0/s1. The highest BCUT2D eigenvalue weighted by molar-refractivity contribution is 7.91. The molecule has 2 heterocycles. The number of rotatable bonds is 11. The van der Waals surface area contributed by atoms with E-state index in [2.05, 4.69) is 5.32 Å². The van der Waals surface area contributed by atoms with Gasteiger partial charge in [0, 0.05) is 19.4 Å². The van der Waals surface area contributed by atoms with Crippen LogP contribution in [0.1, 0.15) is 50.5 Å². The summed E-state index contributed by atoms with van der Waals surface area (Å²) in [5.74, 6) is -0.884. The average Bonchev–Trinajstić information content (AvgIpc) is 3.06. The fourth-order valence-electron chi connectivity index (χ4n) is 3.92. The van der Waals surface area contributed by atoms with Crippen molar-refractivity contribution in [3.63, 3.8) is 0 Å². The van der Waals surface area contributed by atoms with Crippen molar-refractivity contribution in [2.75, 3.05) is 37.8 Å². The van der Waals surface area contributed by atoms with E-state index in [1.807, 2.05) is 6.92 Å². The van der Waals surface area contributed by atoms with E-state index in [-0.39, 0.29) is 41.7 Å². The third kappa shape index (κ3) is 7.16. The van der Waals surface area contributed by atoms with Crippen molar-refractivity contribution < 1.29 is 31.9 Å². The smallest absolute Gasteiger partial charge is 0.324 e. The highest BCUT2D eigenvalue weighted by atomic mass is 32.2. The number of hydrogen-bond donors (Lipinski definition) is 1. The van der Waals surface area contributed by atoms with Gasteiger partial charge in [-0.2, -0.15) is 0 Å². The number of unbranched alkanes of at least 4 members (excludes halogenated alkanes) is 2. The second-order valence-electron chi connectivity index (χ2n) is 8.47. The first kappa shape index (κ1) is 24.4. The number of halogens is 1. The average molecular weight is 471 g/mol. The second kappa shape index (κ2) is 11.1. The number of sulfone groups is 1. The van der Waals surface area contributed by atoms with Crippen LogP contribution >= 0.6 is 0 Å². The van der Waals surface area contributed by atoms with Gasteiger partial charge in [-0.15, -0.1) is 0 Å². The molecule has 2 aliphatic rings. The number of urea groups is 1. The molecule has 0 bridgehead atoms. The van der Waals surface area contributed by atoms with Gasteiger partial charge in [-0.3, -0.25) is 10.1 Å². The molecule has 0 unspecified atom stereocenters. The van der Waals surface area contributed by atoms with Crippen LogP contribution in [0.2, 0.25) is 0 Å².